The molecule has 0 aliphatic carbocycles. The highest BCUT2D eigenvalue weighted by Gasteiger charge is 2.25. The Balaban J connectivity index is 2.51. The summed E-state index contributed by atoms with van der Waals surface area (Å²) >= 11 is 0. The number of hydrogen-bond donors (Lipinski definition) is 0. The van der Waals surface area contributed by atoms with Crippen LogP contribution >= 0.6 is 0 Å². The number of hydrogen-bond acceptors (Lipinski definition) is 5. The molecule has 0 amide bonds. The maximum Gasteiger partial charge on any atom is 0.339 e. The van der Waals surface area contributed by atoms with Crippen molar-refractivity contribution in [3.63, 3.8) is 0 Å². The first-order valence-corrected chi connectivity index (χ1v) is 6.73. The van der Waals surface area contributed by atoms with Crippen LogP contribution in [0.5, 0.6) is 0 Å². The lowest BCUT2D eigenvalue weighted by molar-refractivity contribution is 0.0600. The molecule has 1 heterocycles. The van der Waals surface area contributed by atoms with Gasteiger partial charge in [-0.2, -0.15) is 0 Å². The number of anilines is 1. The molecule has 108 valence electrons. The van der Waals surface area contributed by atoms with Gasteiger partial charge in [0.05, 0.1) is 31.0 Å². The quantitative estimate of drug-likeness (QED) is 0.793. The van der Waals surface area contributed by atoms with Crippen LogP contribution in [0.2, 0.25) is 0 Å². The van der Waals surface area contributed by atoms with Crippen molar-refractivity contribution in [3.8, 4) is 0 Å². The van der Waals surface area contributed by atoms with Gasteiger partial charge >= 0.3 is 11.9 Å². The molecule has 0 saturated carbocycles. The van der Waals surface area contributed by atoms with E-state index in [9.17, 15) is 9.59 Å². The van der Waals surface area contributed by atoms with Gasteiger partial charge in [0.1, 0.15) is 0 Å². The Bertz CT molecular complexity index is 472. The largest absolute Gasteiger partial charge is 0.465 e. The molecule has 0 spiro atoms. The molecule has 0 aromatic heterocycles. The number of benzene rings is 1. The molecule has 1 aromatic carbocycles. The molecule has 1 fully saturated rings. The maximum absolute atomic E-state index is 11.9. The lowest BCUT2D eigenvalue weighted by Crippen LogP contribution is -2.32. The van der Waals surface area contributed by atoms with E-state index in [1.165, 1.54) is 20.6 Å². The normalized spacial score (nSPS) is 14.8. The Morgan fingerprint density at radius 3 is 1.90 bits per heavy atom. The molecule has 5 heteroatoms. The van der Waals surface area contributed by atoms with Crippen LogP contribution in [0.3, 0.4) is 0 Å². The monoisotopic (exact) mass is 277 g/mol. The minimum Gasteiger partial charge on any atom is -0.465 e. The van der Waals surface area contributed by atoms with E-state index < -0.39 is 11.9 Å². The third-order valence-electron chi connectivity index (χ3n) is 3.52. The lowest BCUT2D eigenvalue weighted by Gasteiger charge is -2.31. The van der Waals surface area contributed by atoms with Crippen molar-refractivity contribution >= 4 is 17.6 Å². The molecule has 5 nitrogen and oxygen atoms in total. The van der Waals surface area contributed by atoms with E-state index in [4.69, 9.17) is 9.47 Å². The number of para-hydroxylation sites is 1. The van der Waals surface area contributed by atoms with Gasteiger partial charge in [0.2, 0.25) is 0 Å². The van der Waals surface area contributed by atoms with E-state index in [-0.39, 0.29) is 0 Å². The summed E-state index contributed by atoms with van der Waals surface area (Å²) in [4.78, 5) is 25.9. The number of methoxy groups -OCH3 is 2. The predicted molar refractivity (Wildman–Crippen MR) is 75.2 cm³/mol. The Morgan fingerprint density at radius 1 is 0.950 bits per heavy atom. The zero-order valence-electron chi connectivity index (χ0n) is 11.8. The topological polar surface area (TPSA) is 55.8 Å². The molecule has 0 unspecified atom stereocenters. The van der Waals surface area contributed by atoms with Gasteiger partial charge in [-0.05, 0) is 31.4 Å². The third-order valence-corrected chi connectivity index (χ3v) is 3.52. The summed E-state index contributed by atoms with van der Waals surface area (Å²) in [6.45, 7) is 1.66. The Labute approximate surface area is 118 Å². The van der Waals surface area contributed by atoms with Crippen LogP contribution in [0.25, 0.3) is 0 Å². The Kier molecular flexibility index (Phi) is 4.61. The summed E-state index contributed by atoms with van der Waals surface area (Å²) in [6.07, 6.45) is 3.27. The smallest absolute Gasteiger partial charge is 0.339 e. The second-order valence-corrected chi connectivity index (χ2v) is 4.73. The van der Waals surface area contributed by atoms with Crippen LogP contribution in [0.4, 0.5) is 5.69 Å². The predicted octanol–water partition coefficient (Wildman–Crippen LogP) is 2.25. The summed E-state index contributed by atoms with van der Waals surface area (Å²) < 4.78 is 9.64. The molecule has 0 atom stereocenters. The number of piperidine rings is 1. The van der Waals surface area contributed by atoms with Crippen LogP contribution in [-0.4, -0.2) is 39.2 Å². The van der Waals surface area contributed by atoms with Crippen molar-refractivity contribution in [2.45, 2.75) is 19.3 Å². The zero-order chi connectivity index (χ0) is 14.5. The van der Waals surface area contributed by atoms with Gasteiger partial charge in [-0.3, -0.25) is 0 Å². The van der Waals surface area contributed by atoms with Gasteiger partial charge in [0, 0.05) is 13.1 Å². The summed E-state index contributed by atoms with van der Waals surface area (Å²) in [5.74, 6) is -0.868. The second kappa shape index (κ2) is 6.41. The molecule has 1 aliphatic heterocycles. The summed E-state index contributed by atoms with van der Waals surface area (Å²) in [6, 6.07) is 5.04. The van der Waals surface area contributed by atoms with Crippen molar-refractivity contribution in [1.82, 2.24) is 0 Å². The highest BCUT2D eigenvalue weighted by atomic mass is 16.5. The minimum absolute atomic E-state index is 0.414. The van der Waals surface area contributed by atoms with E-state index in [1.54, 1.807) is 18.2 Å². The number of nitrogens with zero attached hydrogens (tertiary/aromatic N) is 1. The lowest BCUT2D eigenvalue weighted by atomic mass is 10.0. The Hall–Kier alpha value is -2.04. The van der Waals surface area contributed by atoms with Gasteiger partial charge in [0.25, 0.3) is 0 Å². The Morgan fingerprint density at radius 2 is 1.45 bits per heavy atom. The highest BCUT2D eigenvalue weighted by Crippen LogP contribution is 2.29. The number of esters is 2. The van der Waals surface area contributed by atoms with Crippen molar-refractivity contribution in [1.29, 1.82) is 0 Å². The second-order valence-electron chi connectivity index (χ2n) is 4.73. The standard InChI is InChI=1S/C15H19NO4/c1-19-14(17)11-7-6-8-12(15(18)20-2)13(11)16-9-4-3-5-10-16/h6-8H,3-5,9-10H2,1-2H3. The molecular formula is C15H19NO4. The van der Waals surface area contributed by atoms with E-state index in [2.05, 4.69) is 4.90 Å². The zero-order valence-corrected chi connectivity index (χ0v) is 11.8. The molecule has 1 aromatic rings. The van der Waals surface area contributed by atoms with Crippen LogP contribution in [0, 0.1) is 0 Å². The van der Waals surface area contributed by atoms with Gasteiger partial charge < -0.3 is 14.4 Å². The molecule has 2 rings (SSSR count). The molecule has 0 radical (unpaired) electrons. The van der Waals surface area contributed by atoms with Crippen molar-refractivity contribution in [2.24, 2.45) is 0 Å². The van der Waals surface area contributed by atoms with Crippen LogP contribution in [0.1, 0.15) is 40.0 Å². The van der Waals surface area contributed by atoms with E-state index >= 15 is 0 Å². The van der Waals surface area contributed by atoms with Crippen molar-refractivity contribution in [3.05, 3.63) is 29.3 Å². The summed E-state index contributed by atoms with van der Waals surface area (Å²) in [5, 5.41) is 0. The van der Waals surface area contributed by atoms with Gasteiger partial charge in [0.15, 0.2) is 0 Å². The highest BCUT2D eigenvalue weighted by molar-refractivity contribution is 6.04. The number of rotatable bonds is 3. The van der Waals surface area contributed by atoms with Crippen LogP contribution in [-0.2, 0) is 9.47 Å². The molecule has 0 bridgehead atoms. The molecular weight excluding hydrogens is 258 g/mol. The number of carbonyl (C=O) groups is 2. The van der Waals surface area contributed by atoms with E-state index in [0.717, 1.165) is 25.9 Å². The molecule has 20 heavy (non-hydrogen) atoms. The van der Waals surface area contributed by atoms with Crippen LogP contribution in [0.15, 0.2) is 18.2 Å². The summed E-state index contributed by atoms with van der Waals surface area (Å²) in [7, 11) is 2.68. The molecule has 1 aliphatic rings. The summed E-state index contributed by atoms with van der Waals surface area (Å²) in [5.41, 5.74) is 1.46. The first kappa shape index (κ1) is 14.4. The van der Waals surface area contributed by atoms with Gasteiger partial charge in [-0.15, -0.1) is 0 Å². The first-order valence-electron chi connectivity index (χ1n) is 6.73. The van der Waals surface area contributed by atoms with Crippen molar-refractivity contribution in [2.75, 3.05) is 32.2 Å². The number of ether oxygens (including phenoxy) is 2. The minimum atomic E-state index is -0.434. The average Bonchev–Trinajstić information content (AvgIpc) is 2.53. The third kappa shape index (κ3) is 2.76. The van der Waals surface area contributed by atoms with E-state index in [0.29, 0.717) is 16.8 Å². The van der Waals surface area contributed by atoms with Gasteiger partial charge in [-0.1, -0.05) is 6.07 Å². The SMILES string of the molecule is COC(=O)c1cccc(C(=O)OC)c1N1CCCCC1. The maximum atomic E-state index is 11.9. The fourth-order valence-electron chi connectivity index (χ4n) is 2.55. The van der Waals surface area contributed by atoms with Gasteiger partial charge in [-0.25, -0.2) is 9.59 Å². The van der Waals surface area contributed by atoms with Crippen LogP contribution < -0.4 is 4.90 Å². The first-order chi connectivity index (χ1) is 9.69. The fourth-order valence-corrected chi connectivity index (χ4v) is 2.55. The molecule has 0 N–H and O–H groups in total. The van der Waals surface area contributed by atoms with Crippen molar-refractivity contribution < 1.29 is 19.1 Å². The average molecular weight is 277 g/mol. The fraction of sp³-hybridized carbons (Fsp3) is 0.467. The molecule has 1 saturated heterocycles. The number of carbonyl (C=O) groups excluding carboxylic acids is 2. The van der Waals surface area contributed by atoms with E-state index in [1.807, 2.05) is 0 Å².